The molecule has 2 heteroatoms. The van der Waals surface area contributed by atoms with Gasteiger partial charge in [0.1, 0.15) is 0 Å². The number of piperidine rings is 1. The Hall–Kier alpha value is -1.02. The molecule has 100 valence electrons. The van der Waals surface area contributed by atoms with Crippen LogP contribution in [0.3, 0.4) is 0 Å². The summed E-state index contributed by atoms with van der Waals surface area (Å²) in [7, 11) is 0. The number of hydrogen-bond acceptors (Lipinski definition) is 2. The van der Waals surface area contributed by atoms with Crippen LogP contribution in [0.15, 0.2) is 24.3 Å². The fourth-order valence-corrected chi connectivity index (χ4v) is 2.91. The Bertz CT molecular complexity index is 373. The fourth-order valence-electron chi connectivity index (χ4n) is 2.91. The normalized spacial score (nSPS) is 26.1. The summed E-state index contributed by atoms with van der Waals surface area (Å²) < 4.78 is 0. The van der Waals surface area contributed by atoms with Crippen LogP contribution in [-0.4, -0.2) is 17.7 Å². The Labute approximate surface area is 111 Å². The van der Waals surface area contributed by atoms with Gasteiger partial charge in [0.25, 0.3) is 0 Å². The molecule has 1 heterocycles. The zero-order valence-electron chi connectivity index (χ0n) is 11.8. The molecule has 0 bridgehead atoms. The van der Waals surface area contributed by atoms with Crippen LogP contribution in [-0.2, 0) is 0 Å². The lowest BCUT2D eigenvalue weighted by Crippen LogP contribution is -2.40. The zero-order chi connectivity index (χ0) is 13.1. The van der Waals surface area contributed by atoms with Crippen molar-refractivity contribution in [3.63, 3.8) is 0 Å². The molecule has 2 rings (SSSR count). The van der Waals surface area contributed by atoms with Gasteiger partial charge in [0.05, 0.1) is 6.10 Å². The summed E-state index contributed by atoms with van der Waals surface area (Å²) in [6.07, 6.45) is 3.01. The van der Waals surface area contributed by atoms with Crippen LogP contribution in [0.1, 0.15) is 51.7 Å². The molecule has 1 fully saturated rings. The van der Waals surface area contributed by atoms with Gasteiger partial charge in [-0.15, -0.1) is 0 Å². The number of anilines is 1. The number of hydrogen-bond donors (Lipinski definition) is 1. The predicted octanol–water partition coefficient (Wildman–Crippen LogP) is 3.75. The highest BCUT2D eigenvalue weighted by atomic mass is 16.3. The zero-order valence-corrected chi connectivity index (χ0v) is 11.8. The van der Waals surface area contributed by atoms with Crippen LogP contribution in [0.5, 0.6) is 0 Å². The molecule has 0 spiro atoms. The van der Waals surface area contributed by atoms with Crippen molar-refractivity contribution >= 4 is 5.69 Å². The second-order valence-corrected chi connectivity index (χ2v) is 5.69. The first-order chi connectivity index (χ1) is 8.61. The molecule has 3 atom stereocenters. The molecule has 1 aliphatic rings. The topological polar surface area (TPSA) is 23.5 Å². The van der Waals surface area contributed by atoms with Crippen LogP contribution >= 0.6 is 0 Å². The molecule has 1 aromatic carbocycles. The van der Waals surface area contributed by atoms with E-state index in [1.165, 1.54) is 18.5 Å². The van der Waals surface area contributed by atoms with Crippen molar-refractivity contribution < 1.29 is 5.11 Å². The smallest absolute Gasteiger partial charge is 0.0787 e. The maximum Gasteiger partial charge on any atom is 0.0787 e. The van der Waals surface area contributed by atoms with Crippen LogP contribution in [0.2, 0.25) is 0 Å². The standard InChI is InChI=1S/C16H25NO/c1-4-16(18)14-5-7-15(8-6-14)17-10-9-12(2)11-13(17)3/h5-8,12-13,16,18H,4,9-11H2,1-3H3. The van der Waals surface area contributed by atoms with Crippen molar-refractivity contribution in [1.82, 2.24) is 0 Å². The lowest BCUT2D eigenvalue weighted by Gasteiger charge is -2.38. The van der Waals surface area contributed by atoms with E-state index < -0.39 is 0 Å². The predicted molar refractivity (Wildman–Crippen MR) is 76.9 cm³/mol. The quantitative estimate of drug-likeness (QED) is 0.879. The van der Waals surface area contributed by atoms with Gasteiger partial charge in [0.2, 0.25) is 0 Å². The van der Waals surface area contributed by atoms with Crippen molar-refractivity contribution in [3.05, 3.63) is 29.8 Å². The molecule has 3 unspecified atom stereocenters. The molecule has 0 aromatic heterocycles. The average Bonchev–Trinajstić information content (AvgIpc) is 2.38. The van der Waals surface area contributed by atoms with Crippen molar-refractivity contribution in [3.8, 4) is 0 Å². The summed E-state index contributed by atoms with van der Waals surface area (Å²) in [5.74, 6) is 0.845. The van der Waals surface area contributed by atoms with E-state index in [9.17, 15) is 5.11 Å². The summed E-state index contributed by atoms with van der Waals surface area (Å²) in [5.41, 5.74) is 2.32. The van der Waals surface area contributed by atoms with Gasteiger partial charge in [-0.3, -0.25) is 0 Å². The van der Waals surface area contributed by atoms with Crippen molar-refractivity contribution in [2.75, 3.05) is 11.4 Å². The summed E-state index contributed by atoms with van der Waals surface area (Å²) in [6.45, 7) is 7.81. The SMILES string of the molecule is CCC(O)c1ccc(N2CCC(C)CC2C)cc1. The van der Waals surface area contributed by atoms with E-state index in [-0.39, 0.29) is 6.10 Å². The number of nitrogens with zero attached hydrogens (tertiary/aromatic N) is 1. The molecular weight excluding hydrogens is 222 g/mol. The van der Waals surface area contributed by atoms with E-state index in [4.69, 9.17) is 0 Å². The third kappa shape index (κ3) is 2.86. The minimum absolute atomic E-state index is 0.321. The Morgan fingerprint density at radius 1 is 1.28 bits per heavy atom. The molecule has 1 N–H and O–H groups in total. The minimum atomic E-state index is -0.321. The summed E-state index contributed by atoms with van der Waals surface area (Å²) >= 11 is 0. The van der Waals surface area contributed by atoms with E-state index in [2.05, 4.69) is 43.0 Å². The first kappa shape index (κ1) is 13.4. The Kier molecular flexibility index (Phi) is 4.28. The largest absolute Gasteiger partial charge is 0.388 e. The van der Waals surface area contributed by atoms with Gasteiger partial charge in [-0.2, -0.15) is 0 Å². The van der Waals surface area contributed by atoms with Gasteiger partial charge in [0.15, 0.2) is 0 Å². The molecule has 0 saturated carbocycles. The highest BCUT2D eigenvalue weighted by Crippen LogP contribution is 2.28. The van der Waals surface area contributed by atoms with Crippen molar-refractivity contribution in [1.29, 1.82) is 0 Å². The molecule has 2 nitrogen and oxygen atoms in total. The van der Waals surface area contributed by atoms with Gasteiger partial charge in [-0.1, -0.05) is 26.0 Å². The third-order valence-electron chi connectivity index (χ3n) is 4.13. The first-order valence-electron chi connectivity index (χ1n) is 7.16. The van der Waals surface area contributed by atoms with E-state index >= 15 is 0 Å². The molecule has 1 aliphatic heterocycles. The van der Waals surface area contributed by atoms with Crippen LogP contribution in [0.25, 0.3) is 0 Å². The molecule has 1 aromatic rings. The van der Waals surface area contributed by atoms with E-state index in [1.54, 1.807) is 0 Å². The van der Waals surface area contributed by atoms with E-state index in [1.807, 2.05) is 6.92 Å². The average molecular weight is 247 g/mol. The number of aliphatic hydroxyl groups excluding tert-OH is 1. The Morgan fingerprint density at radius 3 is 2.50 bits per heavy atom. The Morgan fingerprint density at radius 2 is 1.94 bits per heavy atom. The lowest BCUT2D eigenvalue weighted by molar-refractivity contribution is 0.173. The van der Waals surface area contributed by atoms with E-state index in [0.717, 1.165) is 24.4 Å². The van der Waals surface area contributed by atoms with Gasteiger partial charge >= 0.3 is 0 Å². The number of rotatable bonds is 3. The van der Waals surface area contributed by atoms with Gasteiger partial charge in [-0.25, -0.2) is 0 Å². The highest BCUT2D eigenvalue weighted by Gasteiger charge is 2.22. The fraction of sp³-hybridized carbons (Fsp3) is 0.625. The summed E-state index contributed by atoms with van der Waals surface area (Å²) in [6, 6.07) is 9.06. The number of benzene rings is 1. The molecule has 0 radical (unpaired) electrons. The van der Waals surface area contributed by atoms with Crippen LogP contribution in [0, 0.1) is 5.92 Å². The van der Waals surface area contributed by atoms with Gasteiger partial charge in [-0.05, 0) is 49.8 Å². The molecule has 0 amide bonds. The first-order valence-corrected chi connectivity index (χ1v) is 7.16. The highest BCUT2D eigenvalue weighted by molar-refractivity contribution is 5.49. The third-order valence-corrected chi connectivity index (χ3v) is 4.13. The summed E-state index contributed by atoms with van der Waals surface area (Å²) in [4.78, 5) is 2.49. The van der Waals surface area contributed by atoms with Crippen molar-refractivity contribution in [2.45, 2.75) is 52.2 Å². The maximum atomic E-state index is 9.80. The van der Waals surface area contributed by atoms with Crippen molar-refractivity contribution in [2.24, 2.45) is 5.92 Å². The van der Waals surface area contributed by atoms with Gasteiger partial charge < -0.3 is 10.0 Å². The second-order valence-electron chi connectivity index (χ2n) is 5.69. The molecule has 0 aliphatic carbocycles. The monoisotopic (exact) mass is 247 g/mol. The van der Waals surface area contributed by atoms with Crippen LogP contribution in [0.4, 0.5) is 5.69 Å². The van der Waals surface area contributed by atoms with Gasteiger partial charge in [0, 0.05) is 18.3 Å². The summed E-state index contributed by atoms with van der Waals surface area (Å²) in [5, 5.41) is 9.80. The molecular formula is C16H25NO. The lowest BCUT2D eigenvalue weighted by atomic mass is 9.93. The second kappa shape index (κ2) is 5.75. The molecule has 1 saturated heterocycles. The Balaban J connectivity index is 2.09. The maximum absolute atomic E-state index is 9.80. The van der Waals surface area contributed by atoms with E-state index in [0.29, 0.717) is 6.04 Å². The van der Waals surface area contributed by atoms with Crippen LogP contribution < -0.4 is 4.90 Å². The minimum Gasteiger partial charge on any atom is -0.388 e. The molecule has 18 heavy (non-hydrogen) atoms. The number of aliphatic hydroxyl groups is 1.